The predicted octanol–water partition coefficient (Wildman–Crippen LogP) is 4.78. The highest BCUT2D eigenvalue weighted by Gasteiger charge is 2.32. The topological polar surface area (TPSA) is 83.6 Å². The first-order valence-electron chi connectivity index (χ1n) is 10.2. The van der Waals surface area contributed by atoms with E-state index < -0.39 is 10.8 Å². The van der Waals surface area contributed by atoms with Crippen LogP contribution in [-0.2, 0) is 4.79 Å². The van der Waals surface area contributed by atoms with Gasteiger partial charge in [-0.3, -0.25) is 9.36 Å². The molecule has 1 heterocycles. The molecule has 2 unspecified atom stereocenters. The largest absolute Gasteiger partial charge is 0.337 e. The van der Waals surface area contributed by atoms with Crippen molar-refractivity contribution in [1.82, 2.24) is 20.1 Å². The number of nitrogens with one attached hydrogen (secondary N) is 1. The van der Waals surface area contributed by atoms with Crippen LogP contribution in [0.3, 0.4) is 0 Å². The summed E-state index contributed by atoms with van der Waals surface area (Å²) in [6.45, 7) is 9.43. The first-order valence-corrected chi connectivity index (χ1v) is 11.1. The number of benzene rings is 2. The van der Waals surface area contributed by atoms with Gasteiger partial charge in [0, 0.05) is 11.3 Å². The third kappa shape index (κ3) is 4.97. The second-order valence-electron chi connectivity index (χ2n) is 8.06. The van der Waals surface area contributed by atoms with Gasteiger partial charge in [-0.25, -0.2) is 0 Å². The molecule has 1 aromatic heterocycles. The number of carbonyl (C=O) groups is 1. The van der Waals surface area contributed by atoms with Gasteiger partial charge < -0.3 is 5.32 Å². The van der Waals surface area contributed by atoms with Gasteiger partial charge in [-0.1, -0.05) is 73.6 Å². The Bertz CT molecular complexity index is 1090. The molecule has 2 aromatic carbocycles. The van der Waals surface area contributed by atoms with E-state index in [1.54, 1.807) is 6.92 Å². The first-order chi connectivity index (χ1) is 14.7. The lowest BCUT2D eigenvalue weighted by atomic mass is 9.90. The van der Waals surface area contributed by atoms with Gasteiger partial charge in [0.15, 0.2) is 11.0 Å². The number of rotatable bonds is 7. The van der Waals surface area contributed by atoms with Crippen LogP contribution in [0.5, 0.6) is 0 Å². The fourth-order valence-corrected chi connectivity index (χ4v) is 3.79. The molecule has 1 N–H and O–H groups in total. The SMILES string of the molecule is Cc1ccc(-n2c(SC(C)C(=O)NC(C)(C#N)C(C)C)nnc2-c2ccccc2)cc1. The lowest BCUT2D eigenvalue weighted by Crippen LogP contribution is -2.51. The van der Waals surface area contributed by atoms with Gasteiger partial charge in [-0.2, -0.15) is 5.26 Å². The number of amides is 1. The quantitative estimate of drug-likeness (QED) is 0.542. The minimum absolute atomic E-state index is 0.0143. The molecular formula is C24H27N5OS. The monoisotopic (exact) mass is 433 g/mol. The summed E-state index contributed by atoms with van der Waals surface area (Å²) in [6.07, 6.45) is 0. The number of carbonyl (C=O) groups excluding carboxylic acids is 1. The number of hydrogen-bond donors (Lipinski definition) is 1. The van der Waals surface area contributed by atoms with E-state index in [2.05, 4.69) is 21.6 Å². The molecule has 0 bridgehead atoms. The third-order valence-electron chi connectivity index (χ3n) is 5.38. The molecule has 2 atom stereocenters. The van der Waals surface area contributed by atoms with E-state index >= 15 is 0 Å². The summed E-state index contributed by atoms with van der Waals surface area (Å²) >= 11 is 1.32. The molecule has 0 aliphatic carbocycles. The summed E-state index contributed by atoms with van der Waals surface area (Å²) < 4.78 is 1.97. The van der Waals surface area contributed by atoms with Gasteiger partial charge in [-0.05, 0) is 38.8 Å². The van der Waals surface area contributed by atoms with Gasteiger partial charge in [0.05, 0.1) is 11.3 Å². The number of aromatic nitrogens is 3. The predicted molar refractivity (Wildman–Crippen MR) is 124 cm³/mol. The van der Waals surface area contributed by atoms with E-state index in [1.165, 1.54) is 11.8 Å². The maximum atomic E-state index is 12.9. The Balaban J connectivity index is 1.94. The standard InChI is InChI=1S/C24H27N5OS/c1-16(2)24(5,15-25)26-22(30)18(4)31-23-28-27-21(19-9-7-6-8-10-19)29(23)20-13-11-17(3)12-14-20/h6-14,16,18H,1-5H3,(H,26,30). The zero-order valence-corrected chi connectivity index (χ0v) is 19.3. The third-order valence-corrected chi connectivity index (χ3v) is 6.42. The minimum Gasteiger partial charge on any atom is -0.337 e. The van der Waals surface area contributed by atoms with Crippen molar-refractivity contribution in [3.63, 3.8) is 0 Å². The van der Waals surface area contributed by atoms with Crippen LogP contribution in [0.25, 0.3) is 17.1 Å². The van der Waals surface area contributed by atoms with E-state index in [1.807, 2.05) is 86.9 Å². The van der Waals surface area contributed by atoms with E-state index in [0.29, 0.717) is 11.0 Å². The van der Waals surface area contributed by atoms with E-state index in [9.17, 15) is 10.1 Å². The normalized spacial score (nSPS) is 14.0. The molecule has 7 heteroatoms. The molecule has 1 amide bonds. The molecule has 0 saturated carbocycles. The highest BCUT2D eigenvalue weighted by atomic mass is 32.2. The molecule has 6 nitrogen and oxygen atoms in total. The fourth-order valence-electron chi connectivity index (χ4n) is 2.92. The van der Waals surface area contributed by atoms with Crippen molar-refractivity contribution < 1.29 is 4.79 Å². The number of nitrogens with zero attached hydrogens (tertiary/aromatic N) is 4. The number of aryl methyl sites for hydroxylation is 1. The van der Waals surface area contributed by atoms with Crippen LogP contribution in [0.1, 0.15) is 33.3 Å². The van der Waals surface area contributed by atoms with Crippen molar-refractivity contribution in [2.75, 3.05) is 0 Å². The van der Waals surface area contributed by atoms with Gasteiger partial charge in [0.1, 0.15) is 5.54 Å². The molecule has 31 heavy (non-hydrogen) atoms. The van der Waals surface area contributed by atoms with Gasteiger partial charge >= 0.3 is 0 Å². The molecule has 0 saturated heterocycles. The van der Waals surface area contributed by atoms with E-state index in [4.69, 9.17) is 0 Å². The Labute approximate surface area is 187 Å². The molecule has 160 valence electrons. The minimum atomic E-state index is -0.925. The molecule has 0 radical (unpaired) electrons. The van der Waals surface area contributed by atoms with E-state index in [0.717, 1.165) is 16.8 Å². The Kier molecular flexibility index (Phi) is 6.81. The van der Waals surface area contributed by atoms with Crippen LogP contribution in [0.15, 0.2) is 59.8 Å². The average molecular weight is 434 g/mol. The summed E-state index contributed by atoms with van der Waals surface area (Å²) in [7, 11) is 0. The van der Waals surface area contributed by atoms with Crippen LogP contribution >= 0.6 is 11.8 Å². The molecule has 3 aromatic rings. The Hall–Kier alpha value is -3.11. The molecule has 3 rings (SSSR count). The van der Waals surface area contributed by atoms with Gasteiger partial charge in [-0.15, -0.1) is 10.2 Å². The first kappa shape index (κ1) is 22.6. The fraction of sp³-hybridized carbons (Fsp3) is 0.333. The van der Waals surface area contributed by atoms with Crippen LogP contribution in [0.4, 0.5) is 0 Å². The molecule has 0 spiro atoms. The van der Waals surface area contributed by atoms with Crippen LogP contribution < -0.4 is 5.32 Å². The zero-order chi connectivity index (χ0) is 22.6. The molecular weight excluding hydrogens is 406 g/mol. The van der Waals surface area contributed by atoms with Crippen LogP contribution in [0.2, 0.25) is 0 Å². The smallest absolute Gasteiger partial charge is 0.234 e. The van der Waals surface area contributed by atoms with Crippen molar-refractivity contribution in [3.05, 3.63) is 60.2 Å². The Morgan fingerprint density at radius 2 is 1.74 bits per heavy atom. The zero-order valence-electron chi connectivity index (χ0n) is 18.5. The Morgan fingerprint density at radius 3 is 2.32 bits per heavy atom. The summed E-state index contributed by atoms with van der Waals surface area (Å²) in [5.41, 5.74) is 2.10. The maximum Gasteiger partial charge on any atom is 0.234 e. The number of thioether (sulfide) groups is 1. The van der Waals surface area contributed by atoms with Gasteiger partial charge in [0.2, 0.25) is 5.91 Å². The van der Waals surface area contributed by atoms with Gasteiger partial charge in [0.25, 0.3) is 0 Å². The summed E-state index contributed by atoms with van der Waals surface area (Å²) in [5, 5.41) is 21.4. The van der Waals surface area contributed by atoms with Crippen LogP contribution in [0, 0.1) is 24.2 Å². The molecule has 0 aliphatic heterocycles. The second kappa shape index (κ2) is 9.36. The van der Waals surface area contributed by atoms with Crippen LogP contribution in [-0.4, -0.2) is 31.5 Å². The lowest BCUT2D eigenvalue weighted by molar-refractivity contribution is -0.121. The number of nitriles is 1. The second-order valence-corrected chi connectivity index (χ2v) is 9.37. The summed E-state index contributed by atoms with van der Waals surface area (Å²) in [4.78, 5) is 12.9. The van der Waals surface area contributed by atoms with Crippen molar-refractivity contribution in [3.8, 4) is 23.1 Å². The van der Waals surface area contributed by atoms with Crippen molar-refractivity contribution in [2.24, 2.45) is 5.92 Å². The number of hydrogen-bond acceptors (Lipinski definition) is 5. The molecule has 0 fully saturated rings. The highest BCUT2D eigenvalue weighted by molar-refractivity contribution is 8.00. The molecule has 0 aliphatic rings. The van der Waals surface area contributed by atoms with Crippen molar-refractivity contribution in [2.45, 2.75) is 50.6 Å². The summed E-state index contributed by atoms with van der Waals surface area (Å²) in [6, 6.07) is 20.2. The average Bonchev–Trinajstić information content (AvgIpc) is 3.18. The Morgan fingerprint density at radius 1 is 1.10 bits per heavy atom. The van der Waals surface area contributed by atoms with Crippen molar-refractivity contribution >= 4 is 17.7 Å². The maximum absolute atomic E-state index is 12.9. The van der Waals surface area contributed by atoms with E-state index in [-0.39, 0.29) is 11.8 Å². The lowest BCUT2D eigenvalue weighted by Gasteiger charge is -2.28. The van der Waals surface area contributed by atoms with Crippen molar-refractivity contribution in [1.29, 1.82) is 5.26 Å². The summed E-state index contributed by atoms with van der Waals surface area (Å²) in [5.74, 6) is 0.491. The highest BCUT2D eigenvalue weighted by Crippen LogP contribution is 2.30.